The van der Waals surface area contributed by atoms with E-state index in [0.29, 0.717) is 24.2 Å². The van der Waals surface area contributed by atoms with Crippen LogP contribution in [0.25, 0.3) is 5.57 Å². The molecular formula is C25H32N2O. The maximum Gasteiger partial charge on any atom is 0.226 e. The molecule has 0 N–H and O–H groups in total. The van der Waals surface area contributed by atoms with Crippen LogP contribution >= 0.6 is 0 Å². The van der Waals surface area contributed by atoms with Crippen molar-refractivity contribution in [3.8, 4) is 0 Å². The first kappa shape index (κ1) is 18.1. The van der Waals surface area contributed by atoms with Crippen molar-refractivity contribution in [2.24, 2.45) is 28.6 Å². The van der Waals surface area contributed by atoms with Crippen molar-refractivity contribution in [3.63, 3.8) is 0 Å². The Kier molecular flexibility index (Phi) is 4.08. The van der Waals surface area contributed by atoms with Gasteiger partial charge in [-0.05, 0) is 78.9 Å². The number of likely N-dealkylation sites (tertiary alicyclic amines) is 1. The fraction of sp³-hybridized carbons (Fsp3) is 0.600. The largest absolute Gasteiger partial charge is 0.319 e. The van der Waals surface area contributed by atoms with Gasteiger partial charge in [-0.15, -0.1) is 0 Å². The molecule has 148 valence electrons. The number of aromatic nitrogens is 1. The summed E-state index contributed by atoms with van der Waals surface area (Å²) in [6.07, 6.45) is 16.6. The predicted octanol–water partition coefficient (Wildman–Crippen LogP) is 5.45. The van der Waals surface area contributed by atoms with E-state index < -0.39 is 0 Å². The van der Waals surface area contributed by atoms with E-state index in [1.165, 1.54) is 36.1 Å². The maximum atomic E-state index is 12.5. The van der Waals surface area contributed by atoms with Gasteiger partial charge in [-0.3, -0.25) is 9.78 Å². The smallest absolute Gasteiger partial charge is 0.226 e. The number of carbonyl (C=O) groups excluding carboxylic acids is 1. The minimum Gasteiger partial charge on any atom is -0.319 e. The first-order valence-corrected chi connectivity index (χ1v) is 11.0. The lowest BCUT2D eigenvalue weighted by atomic mass is 9.49. The Bertz CT molecular complexity index is 857. The van der Waals surface area contributed by atoms with E-state index in [9.17, 15) is 4.79 Å². The molecule has 0 radical (unpaired) electrons. The monoisotopic (exact) mass is 376 g/mol. The van der Waals surface area contributed by atoms with E-state index in [1.807, 2.05) is 24.3 Å². The van der Waals surface area contributed by atoms with Crippen molar-refractivity contribution in [2.75, 3.05) is 7.05 Å². The van der Waals surface area contributed by atoms with Crippen molar-refractivity contribution < 1.29 is 4.79 Å². The molecular weight excluding hydrogens is 344 g/mol. The Morgan fingerprint density at radius 1 is 1.11 bits per heavy atom. The van der Waals surface area contributed by atoms with E-state index in [2.05, 4.69) is 43.1 Å². The first-order chi connectivity index (χ1) is 13.4. The highest BCUT2D eigenvalue weighted by Crippen LogP contribution is 2.65. The highest BCUT2D eigenvalue weighted by Gasteiger charge is 2.57. The van der Waals surface area contributed by atoms with Crippen LogP contribution in [0.5, 0.6) is 0 Å². The van der Waals surface area contributed by atoms with Crippen molar-refractivity contribution >= 4 is 11.5 Å². The highest BCUT2D eigenvalue weighted by molar-refractivity contribution is 5.78. The second-order valence-corrected chi connectivity index (χ2v) is 9.98. The minimum absolute atomic E-state index is 0.155. The van der Waals surface area contributed by atoms with Crippen LogP contribution in [-0.4, -0.2) is 22.8 Å². The molecule has 3 heteroatoms. The van der Waals surface area contributed by atoms with Gasteiger partial charge in [-0.1, -0.05) is 32.1 Å². The molecule has 3 unspecified atom stereocenters. The van der Waals surface area contributed by atoms with Gasteiger partial charge in [0.1, 0.15) is 0 Å². The Hall–Kier alpha value is -1.90. The van der Waals surface area contributed by atoms with E-state index in [4.69, 9.17) is 0 Å². The summed E-state index contributed by atoms with van der Waals surface area (Å²) in [5.74, 6) is 2.43. The number of nitrogens with zero attached hydrogens (tertiary/aromatic N) is 2. The molecule has 3 aliphatic carbocycles. The van der Waals surface area contributed by atoms with E-state index in [1.54, 1.807) is 0 Å². The van der Waals surface area contributed by atoms with Crippen LogP contribution in [0.2, 0.25) is 0 Å². The quantitative estimate of drug-likeness (QED) is 0.652. The number of allylic oxidation sites excluding steroid dienone is 4. The lowest BCUT2D eigenvalue weighted by Gasteiger charge is -2.56. The topological polar surface area (TPSA) is 33.2 Å². The molecule has 2 fully saturated rings. The SMILES string of the molecule is CN1C(=O)CCC[C@@]2(C)C1=CCC1C2CC[C@]2(C)C(c3cccnc3)=CCC12. The second-order valence-electron chi connectivity index (χ2n) is 9.98. The molecule has 1 amide bonds. The molecule has 1 saturated carbocycles. The summed E-state index contributed by atoms with van der Waals surface area (Å²) in [5.41, 5.74) is 4.57. The third-order valence-corrected chi connectivity index (χ3v) is 8.80. The van der Waals surface area contributed by atoms with Gasteiger partial charge in [0.05, 0.1) is 0 Å². The molecule has 28 heavy (non-hydrogen) atoms. The van der Waals surface area contributed by atoms with Crippen molar-refractivity contribution in [1.82, 2.24) is 9.88 Å². The average molecular weight is 377 g/mol. The van der Waals surface area contributed by atoms with Gasteiger partial charge in [-0.2, -0.15) is 0 Å². The maximum absolute atomic E-state index is 12.5. The normalized spacial score (nSPS) is 40.0. The van der Waals surface area contributed by atoms with Crippen LogP contribution in [-0.2, 0) is 4.79 Å². The van der Waals surface area contributed by atoms with Crippen molar-refractivity contribution in [2.45, 2.75) is 58.8 Å². The number of pyridine rings is 1. The lowest BCUT2D eigenvalue weighted by Crippen LogP contribution is -2.50. The molecule has 1 aromatic heterocycles. The minimum atomic E-state index is 0.155. The molecule has 1 saturated heterocycles. The first-order valence-electron chi connectivity index (χ1n) is 11.0. The van der Waals surface area contributed by atoms with Gasteiger partial charge < -0.3 is 4.90 Å². The summed E-state index contributed by atoms with van der Waals surface area (Å²) >= 11 is 0. The molecule has 1 aromatic rings. The lowest BCUT2D eigenvalue weighted by molar-refractivity contribution is -0.128. The van der Waals surface area contributed by atoms with Gasteiger partial charge in [0.25, 0.3) is 0 Å². The van der Waals surface area contributed by atoms with Gasteiger partial charge in [0, 0.05) is 37.0 Å². The van der Waals surface area contributed by atoms with Gasteiger partial charge in [-0.25, -0.2) is 0 Å². The van der Waals surface area contributed by atoms with Gasteiger partial charge in [0.2, 0.25) is 5.91 Å². The predicted molar refractivity (Wildman–Crippen MR) is 112 cm³/mol. The van der Waals surface area contributed by atoms with Crippen LogP contribution in [0.1, 0.15) is 64.4 Å². The Labute approximate surface area is 168 Å². The molecule has 2 heterocycles. The fourth-order valence-corrected chi connectivity index (χ4v) is 7.36. The van der Waals surface area contributed by atoms with Crippen LogP contribution in [0.4, 0.5) is 0 Å². The Balaban J connectivity index is 1.50. The Morgan fingerprint density at radius 2 is 1.96 bits per heavy atom. The molecule has 0 bridgehead atoms. The van der Waals surface area contributed by atoms with E-state index >= 15 is 0 Å². The van der Waals surface area contributed by atoms with Crippen LogP contribution in [0.15, 0.2) is 42.4 Å². The second kappa shape index (κ2) is 6.30. The van der Waals surface area contributed by atoms with Crippen molar-refractivity contribution in [3.05, 3.63) is 47.9 Å². The number of carbonyl (C=O) groups is 1. The molecule has 5 atom stereocenters. The summed E-state index contributed by atoms with van der Waals surface area (Å²) in [6, 6.07) is 4.29. The van der Waals surface area contributed by atoms with Crippen molar-refractivity contribution in [1.29, 1.82) is 0 Å². The number of hydrogen-bond donors (Lipinski definition) is 0. The van der Waals surface area contributed by atoms with Gasteiger partial charge >= 0.3 is 0 Å². The summed E-state index contributed by atoms with van der Waals surface area (Å²) in [6.45, 7) is 4.96. The van der Waals surface area contributed by atoms with Gasteiger partial charge in [0.15, 0.2) is 0 Å². The summed E-state index contributed by atoms with van der Waals surface area (Å²) < 4.78 is 0. The van der Waals surface area contributed by atoms with Crippen LogP contribution < -0.4 is 0 Å². The fourth-order valence-electron chi connectivity index (χ4n) is 7.36. The van der Waals surface area contributed by atoms with Crippen LogP contribution in [0, 0.1) is 28.6 Å². The zero-order valence-electron chi connectivity index (χ0n) is 17.4. The number of amides is 1. The van der Waals surface area contributed by atoms with E-state index in [0.717, 1.165) is 25.2 Å². The molecule has 0 spiro atoms. The zero-order valence-corrected chi connectivity index (χ0v) is 17.4. The number of fused-ring (bicyclic) bond motifs is 5. The molecule has 0 aromatic carbocycles. The standard InChI is InChI=1S/C25H32N2O/c1-24-14-12-21-18(20(24)10-9-19(24)17-6-5-15-26-16-17)8-11-22-25(21,2)13-4-7-23(28)27(22)3/h5-6,9,11,15-16,18,20-21H,4,7-8,10,12-14H2,1-3H3/t18?,20?,21?,24-,25-/m1/s1. The third kappa shape index (κ3) is 2.41. The summed E-state index contributed by atoms with van der Waals surface area (Å²) in [5, 5.41) is 0. The molecule has 5 rings (SSSR count). The Morgan fingerprint density at radius 3 is 2.75 bits per heavy atom. The summed E-state index contributed by atoms with van der Waals surface area (Å²) in [4.78, 5) is 18.8. The number of rotatable bonds is 1. The van der Waals surface area contributed by atoms with Crippen LogP contribution in [0.3, 0.4) is 0 Å². The zero-order chi connectivity index (χ0) is 19.5. The number of hydrogen-bond acceptors (Lipinski definition) is 2. The average Bonchev–Trinajstić information content (AvgIpc) is 3.00. The molecule has 1 aliphatic heterocycles. The summed E-state index contributed by atoms with van der Waals surface area (Å²) in [7, 11) is 2.00. The highest BCUT2D eigenvalue weighted by atomic mass is 16.2. The molecule has 4 aliphatic rings. The molecule has 3 nitrogen and oxygen atoms in total. The van der Waals surface area contributed by atoms with E-state index in [-0.39, 0.29) is 10.8 Å². The third-order valence-electron chi connectivity index (χ3n) is 8.80.